The quantitative estimate of drug-likeness (QED) is 0.272. The topological polar surface area (TPSA) is 80.1 Å². The van der Waals surface area contributed by atoms with E-state index < -0.39 is 23.4 Å². The van der Waals surface area contributed by atoms with Crippen LogP contribution >= 0.6 is 11.6 Å². The number of imidazole rings is 1. The Kier molecular flexibility index (Phi) is 7.98. The normalized spacial score (nSPS) is 17.4. The van der Waals surface area contributed by atoms with Crippen LogP contribution in [0.25, 0.3) is 11.0 Å². The lowest BCUT2D eigenvalue weighted by atomic mass is 10.1. The molecule has 2 aliphatic rings. The Morgan fingerprint density at radius 1 is 1.05 bits per heavy atom. The fourth-order valence-electron chi connectivity index (χ4n) is 5.26. The van der Waals surface area contributed by atoms with E-state index in [9.17, 15) is 23.1 Å². The van der Waals surface area contributed by atoms with Gasteiger partial charge in [0.25, 0.3) is 0 Å². The number of carboxylic acid groups (broad SMARTS) is 1. The molecule has 2 fully saturated rings. The summed E-state index contributed by atoms with van der Waals surface area (Å²) in [5.41, 5.74) is 2.32. The first-order valence-electron chi connectivity index (χ1n) is 13.6. The van der Waals surface area contributed by atoms with Crippen LogP contribution in [0.5, 0.6) is 5.75 Å². The van der Waals surface area contributed by atoms with Gasteiger partial charge in [-0.25, -0.2) is 18.6 Å². The van der Waals surface area contributed by atoms with Gasteiger partial charge in [-0.3, -0.25) is 4.90 Å². The van der Waals surface area contributed by atoms with E-state index in [0.29, 0.717) is 51.6 Å². The zero-order valence-corrected chi connectivity index (χ0v) is 23.3. The second-order valence-corrected chi connectivity index (χ2v) is 10.9. The summed E-state index contributed by atoms with van der Waals surface area (Å²) in [4.78, 5) is 20.5. The zero-order chi connectivity index (χ0) is 29.4. The maximum Gasteiger partial charge on any atom is 0.335 e. The van der Waals surface area contributed by atoms with Crippen molar-refractivity contribution < 1.29 is 32.5 Å². The maximum absolute atomic E-state index is 14.5. The number of anilines is 1. The Hall–Kier alpha value is -3.80. The highest BCUT2D eigenvalue weighted by molar-refractivity contribution is 6.30. The van der Waals surface area contributed by atoms with Gasteiger partial charge >= 0.3 is 5.97 Å². The molecule has 8 nitrogen and oxygen atoms in total. The van der Waals surface area contributed by atoms with E-state index in [1.165, 1.54) is 18.2 Å². The van der Waals surface area contributed by atoms with Crippen molar-refractivity contribution in [2.24, 2.45) is 0 Å². The molecule has 0 amide bonds. The molecular weight excluding hydrogens is 573 g/mol. The Morgan fingerprint density at radius 2 is 1.83 bits per heavy atom. The molecule has 3 heterocycles. The summed E-state index contributed by atoms with van der Waals surface area (Å²) in [6, 6.07) is 11.6. The maximum atomic E-state index is 14.5. The molecule has 2 aliphatic heterocycles. The van der Waals surface area contributed by atoms with Gasteiger partial charge in [0.15, 0.2) is 11.6 Å². The molecule has 220 valence electrons. The Labute approximate surface area is 244 Å². The van der Waals surface area contributed by atoms with Crippen LogP contribution in [0.4, 0.5) is 18.9 Å². The predicted octanol–water partition coefficient (Wildman–Crippen LogP) is 5.50. The summed E-state index contributed by atoms with van der Waals surface area (Å²) in [5.74, 6) is -3.25. The summed E-state index contributed by atoms with van der Waals surface area (Å²) < 4.78 is 56.4. The number of aromatic nitrogens is 2. The van der Waals surface area contributed by atoms with Crippen LogP contribution in [0.1, 0.15) is 28.2 Å². The van der Waals surface area contributed by atoms with E-state index >= 15 is 0 Å². The average molecular weight is 601 g/mol. The number of rotatable bonds is 9. The van der Waals surface area contributed by atoms with Gasteiger partial charge in [0.05, 0.1) is 35.8 Å². The van der Waals surface area contributed by atoms with Crippen LogP contribution in [0.3, 0.4) is 0 Å². The molecule has 0 aliphatic carbocycles. The summed E-state index contributed by atoms with van der Waals surface area (Å²) >= 11 is 5.78. The van der Waals surface area contributed by atoms with Gasteiger partial charge in [0.2, 0.25) is 5.82 Å². The minimum Gasteiger partial charge on any atom is -0.486 e. The van der Waals surface area contributed by atoms with Gasteiger partial charge in [0.1, 0.15) is 18.2 Å². The Bertz CT molecular complexity index is 1640. The van der Waals surface area contributed by atoms with Crippen molar-refractivity contribution in [2.45, 2.75) is 32.2 Å². The number of piperazine rings is 1. The van der Waals surface area contributed by atoms with Crippen molar-refractivity contribution >= 4 is 34.3 Å². The van der Waals surface area contributed by atoms with Gasteiger partial charge in [-0.15, -0.1) is 0 Å². The fourth-order valence-corrected chi connectivity index (χ4v) is 5.42. The molecule has 0 bridgehead atoms. The van der Waals surface area contributed by atoms with Crippen LogP contribution < -0.4 is 9.64 Å². The summed E-state index contributed by atoms with van der Waals surface area (Å²) in [6.07, 6.45) is 0.998. The van der Waals surface area contributed by atoms with Crippen molar-refractivity contribution in [3.8, 4) is 5.75 Å². The highest BCUT2D eigenvalue weighted by Crippen LogP contribution is 2.30. The molecule has 12 heteroatoms. The minimum absolute atomic E-state index is 0.0625. The van der Waals surface area contributed by atoms with E-state index in [0.717, 1.165) is 35.4 Å². The standard InChI is InChI=1S/C30H28ClF3N4O4/c31-20-3-1-19(23(32)12-20)17-42-27-14-21(13-24(33)29(27)34)37-8-6-36(7-9-37)16-28-35-25-4-2-18(30(39)40)11-26(25)38(28)15-22-5-10-41-22/h1-4,11-14,22H,5-10,15-17H2,(H,39,40)/t22-/m0/s1. The average Bonchev–Trinajstić information content (AvgIpc) is 3.28. The van der Waals surface area contributed by atoms with Gasteiger partial charge in [-0.2, -0.15) is 4.39 Å². The number of aromatic carboxylic acids is 1. The van der Waals surface area contributed by atoms with Crippen LogP contribution in [-0.2, 0) is 24.4 Å². The molecule has 3 aromatic carbocycles. The number of carboxylic acids is 1. The SMILES string of the molecule is O=C(O)c1ccc2nc(CN3CCN(c4cc(F)c(F)c(OCc5ccc(Cl)cc5F)c4)CC3)n(C[C@@H]3CCO3)c2c1. The molecule has 1 aromatic heterocycles. The van der Waals surface area contributed by atoms with Gasteiger partial charge < -0.3 is 24.0 Å². The van der Waals surface area contributed by atoms with Gasteiger partial charge in [0, 0.05) is 61.2 Å². The molecule has 0 spiro atoms. The second kappa shape index (κ2) is 11.8. The third-order valence-corrected chi connectivity index (χ3v) is 7.97. The second-order valence-electron chi connectivity index (χ2n) is 10.5. The van der Waals surface area contributed by atoms with E-state index in [4.69, 9.17) is 26.1 Å². The van der Waals surface area contributed by atoms with Crippen LogP contribution in [0.15, 0.2) is 48.5 Å². The first-order chi connectivity index (χ1) is 20.2. The zero-order valence-electron chi connectivity index (χ0n) is 22.5. The molecule has 0 saturated carbocycles. The number of hydrogen-bond donors (Lipinski definition) is 1. The minimum atomic E-state index is -1.13. The molecule has 6 rings (SSSR count). The third kappa shape index (κ3) is 5.90. The first-order valence-corrected chi connectivity index (χ1v) is 14.0. The van der Waals surface area contributed by atoms with Crippen molar-refractivity contribution in [3.05, 3.63) is 88.0 Å². The molecule has 0 radical (unpaired) electrons. The van der Waals surface area contributed by atoms with E-state index in [2.05, 4.69) is 4.90 Å². The number of fused-ring (bicyclic) bond motifs is 1. The number of hydrogen-bond acceptors (Lipinski definition) is 6. The lowest BCUT2D eigenvalue weighted by Gasteiger charge is -2.36. The van der Waals surface area contributed by atoms with E-state index in [1.807, 2.05) is 9.47 Å². The number of halogens is 4. The molecule has 1 N–H and O–H groups in total. The van der Waals surface area contributed by atoms with Crippen LogP contribution in [0.2, 0.25) is 5.02 Å². The number of carbonyl (C=O) groups is 1. The molecule has 0 unspecified atom stereocenters. The number of benzene rings is 3. The highest BCUT2D eigenvalue weighted by atomic mass is 35.5. The van der Waals surface area contributed by atoms with Crippen LogP contribution in [0, 0.1) is 17.5 Å². The molecule has 4 aromatic rings. The molecule has 1 atom stereocenters. The van der Waals surface area contributed by atoms with E-state index in [1.54, 1.807) is 18.2 Å². The molecular formula is C30H28ClF3N4O4. The lowest BCUT2D eigenvalue weighted by molar-refractivity contribution is -0.0592. The first kappa shape index (κ1) is 28.3. The van der Waals surface area contributed by atoms with Crippen molar-refractivity contribution in [3.63, 3.8) is 0 Å². The van der Waals surface area contributed by atoms with Crippen molar-refractivity contribution in [2.75, 3.05) is 37.7 Å². The van der Waals surface area contributed by atoms with E-state index in [-0.39, 0.29) is 34.6 Å². The largest absolute Gasteiger partial charge is 0.486 e. The van der Waals surface area contributed by atoms with Gasteiger partial charge in [-0.05, 0) is 36.8 Å². The molecule has 42 heavy (non-hydrogen) atoms. The smallest absolute Gasteiger partial charge is 0.335 e. The summed E-state index contributed by atoms with van der Waals surface area (Å²) in [7, 11) is 0. The number of nitrogens with zero attached hydrogens (tertiary/aromatic N) is 4. The van der Waals surface area contributed by atoms with Crippen molar-refractivity contribution in [1.29, 1.82) is 0 Å². The molecule has 2 saturated heterocycles. The monoisotopic (exact) mass is 600 g/mol. The Morgan fingerprint density at radius 3 is 2.52 bits per heavy atom. The Balaban J connectivity index is 1.15. The fraction of sp³-hybridized carbons (Fsp3) is 0.333. The van der Waals surface area contributed by atoms with Crippen molar-refractivity contribution in [1.82, 2.24) is 14.5 Å². The van der Waals surface area contributed by atoms with Crippen LogP contribution in [-0.4, -0.2) is 64.4 Å². The lowest BCUT2D eigenvalue weighted by Crippen LogP contribution is -2.46. The number of ether oxygens (including phenoxy) is 2. The third-order valence-electron chi connectivity index (χ3n) is 7.73. The summed E-state index contributed by atoms with van der Waals surface area (Å²) in [6.45, 7) is 3.92. The predicted molar refractivity (Wildman–Crippen MR) is 151 cm³/mol. The highest BCUT2D eigenvalue weighted by Gasteiger charge is 2.25. The van der Waals surface area contributed by atoms with Gasteiger partial charge in [-0.1, -0.05) is 17.7 Å². The summed E-state index contributed by atoms with van der Waals surface area (Å²) in [5, 5.41) is 9.70.